The van der Waals surface area contributed by atoms with Crippen molar-refractivity contribution in [3.8, 4) is 5.75 Å². The Balaban J connectivity index is 2.24. The molecule has 2 aromatic rings. The molecule has 0 aliphatic carbocycles. The number of aliphatic carboxylic acids is 1. The standard InChI is InChI=1S/C15H11FN2O6/c16-9-4-5-12(13(6-9)24-8-14(19)20)15(21)17-10-2-1-3-11(7-10)18(22)23/h1-7H,8H2,(H,17,21)(H,19,20). The Labute approximate surface area is 134 Å². The monoisotopic (exact) mass is 334 g/mol. The van der Waals surface area contributed by atoms with E-state index in [0.29, 0.717) is 0 Å². The Morgan fingerprint density at radius 1 is 1.25 bits per heavy atom. The van der Waals surface area contributed by atoms with E-state index in [-0.39, 0.29) is 22.7 Å². The highest BCUT2D eigenvalue weighted by Crippen LogP contribution is 2.23. The van der Waals surface area contributed by atoms with Gasteiger partial charge in [0.2, 0.25) is 0 Å². The van der Waals surface area contributed by atoms with Gasteiger partial charge in [0.1, 0.15) is 11.6 Å². The van der Waals surface area contributed by atoms with E-state index in [1.54, 1.807) is 0 Å². The SMILES string of the molecule is O=C(O)COc1cc(F)ccc1C(=O)Nc1cccc([N+](=O)[O-])c1. The fraction of sp³-hybridized carbons (Fsp3) is 0.0667. The molecule has 0 radical (unpaired) electrons. The molecule has 1 amide bonds. The zero-order chi connectivity index (χ0) is 17.7. The van der Waals surface area contributed by atoms with Gasteiger partial charge >= 0.3 is 5.97 Å². The van der Waals surface area contributed by atoms with Crippen molar-refractivity contribution < 1.29 is 28.7 Å². The molecule has 124 valence electrons. The Bertz CT molecular complexity index is 808. The topological polar surface area (TPSA) is 119 Å². The van der Waals surface area contributed by atoms with E-state index in [1.165, 1.54) is 18.2 Å². The summed E-state index contributed by atoms with van der Waals surface area (Å²) in [7, 11) is 0. The number of nitro benzene ring substituents is 1. The number of halogens is 1. The van der Waals surface area contributed by atoms with Gasteiger partial charge in [-0.25, -0.2) is 9.18 Å². The van der Waals surface area contributed by atoms with E-state index in [0.717, 1.165) is 24.3 Å². The van der Waals surface area contributed by atoms with Crippen LogP contribution in [0, 0.1) is 15.9 Å². The van der Waals surface area contributed by atoms with Crippen molar-refractivity contribution in [1.82, 2.24) is 0 Å². The zero-order valence-corrected chi connectivity index (χ0v) is 12.1. The molecule has 0 fully saturated rings. The molecule has 2 N–H and O–H groups in total. The maximum atomic E-state index is 13.3. The number of nitro groups is 1. The van der Waals surface area contributed by atoms with Crippen LogP contribution in [-0.4, -0.2) is 28.5 Å². The van der Waals surface area contributed by atoms with Gasteiger partial charge in [0.25, 0.3) is 11.6 Å². The highest BCUT2D eigenvalue weighted by Gasteiger charge is 2.16. The van der Waals surface area contributed by atoms with Gasteiger partial charge in [0.15, 0.2) is 6.61 Å². The first-order valence-electron chi connectivity index (χ1n) is 6.57. The number of hydrogen-bond acceptors (Lipinski definition) is 5. The van der Waals surface area contributed by atoms with Crippen LogP contribution >= 0.6 is 0 Å². The fourth-order valence-electron chi connectivity index (χ4n) is 1.84. The van der Waals surface area contributed by atoms with Crippen LogP contribution in [0.5, 0.6) is 5.75 Å². The lowest BCUT2D eigenvalue weighted by Gasteiger charge is -2.10. The second kappa shape index (κ2) is 7.18. The van der Waals surface area contributed by atoms with Gasteiger partial charge in [0.05, 0.1) is 10.5 Å². The highest BCUT2D eigenvalue weighted by atomic mass is 19.1. The van der Waals surface area contributed by atoms with Crippen LogP contribution in [0.4, 0.5) is 15.8 Å². The van der Waals surface area contributed by atoms with E-state index < -0.39 is 29.2 Å². The molecule has 0 aliphatic heterocycles. The lowest BCUT2D eigenvalue weighted by atomic mass is 10.1. The predicted octanol–water partition coefficient (Wildman–Crippen LogP) is 2.45. The summed E-state index contributed by atoms with van der Waals surface area (Å²) in [5.74, 6) is -2.97. The van der Waals surface area contributed by atoms with Gasteiger partial charge in [-0.05, 0) is 18.2 Å². The number of nitrogens with one attached hydrogen (secondary N) is 1. The summed E-state index contributed by atoms with van der Waals surface area (Å²) in [6.07, 6.45) is 0. The van der Waals surface area contributed by atoms with Gasteiger partial charge in [-0.1, -0.05) is 6.07 Å². The summed E-state index contributed by atoms with van der Waals surface area (Å²) < 4.78 is 18.2. The number of carbonyl (C=O) groups is 2. The lowest BCUT2D eigenvalue weighted by molar-refractivity contribution is -0.384. The Morgan fingerprint density at radius 2 is 2.00 bits per heavy atom. The number of rotatable bonds is 6. The van der Waals surface area contributed by atoms with E-state index in [1.807, 2.05) is 0 Å². The Hall–Kier alpha value is -3.49. The predicted molar refractivity (Wildman–Crippen MR) is 80.6 cm³/mol. The van der Waals surface area contributed by atoms with E-state index >= 15 is 0 Å². The Kier molecular flexibility index (Phi) is 5.05. The molecule has 0 saturated carbocycles. The van der Waals surface area contributed by atoms with Gasteiger partial charge in [0, 0.05) is 23.9 Å². The third-order valence-electron chi connectivity index (χ3n) is 2.85. The maximum absolute atomic E-state index is 13.3. The number of anilines is 1. The number of carboxylic acids is 1. The minimum Gasteiger partial charge on any atom is -0.481 e. The summed E-state index contributed by atoms with van der Waals surface area (Å²) in [5, 5.41) is 21.7. The molecule has 8 nitrogen and oxygen atoms in total. The van der Waals surface area contributed by atoms with E-state index in [4.69, 9.17) is 9.84 Å². The molecule has 24 heavy (non-hydrogen) atoms. The fourth-order valence-corrected chi connectivity index (χ4v) is 1.84. The zero-order valence-electron chi connectivity index (χ0n) is 12.1. The van der Waals surface area contributed by atoms with Gasteiger partial charge < -0.3 is 15.2 Å². The largest absolute Gasteiger partial charge is 0.481 e. The highest BCUT2D eigenvalue weighted by molar-refractivity contribution is 6.06. The minimum atomic E-state index is -1.29. The number of hydrogen-bond donors (Lipinski definition) is 2. The number of nitrogens with zero attached hydrogens (tertiary/aromatic N) is 1. The van der Waals surface area contributed by atoms with Crippen molar-refractivity contribution >= 4 is 23.3 Å². The number of carbonyl (C=O) groups excluding carboxylic acids is 1. The second-order valence-corrected chi connectivity index (χ2v) is 4.58. The van der Waals surface area contributed by atoms with Crippen LogP contribution in [0.1, 0.15) is 10.4 Å². The van der Waals surface area contributed by atoms with Crippen LogP contribution in [0.3, 0.4) is 0 Å². The molecular formula is C15H11FN2O6. The number of amides is 1. The van der Waals surface area contributed by atoms with Gasteiger partial charge in [-0.3, -0.25) is 14.9 Å². The number of carboxylic acid groups (broad SMARTS) is 1. The summed E-state index contributed by atoms with van der Waals surface area (Å²) in [4.78, 5) is 32.9. The van der Waals surface area contributed by atoms with E-state index in [2.05, 4.69) is 5.32 Å². The van der Waals surface area contributed by atoms with Crippen molar-refractivity contribution in [2.24, 2.45) is 0 Å². The van der Waals surface area contributed by atoms with Crippen molar-refractivity contribution in [2.75, 3.05) is 11.9 Å². The van der Waals surface area contributed by atoms with Crippen LogP contribution < -0.4 is 10.1 Å². The van der Waals surface area contributed by atoms with Crippen LogP contribution in [0.2, 0.25) is 0 Å². The molecule has 0 heterocycles. The van der Waals surface area contributed by atoms with Crippen molar-refractivity contribution in [2.45, 2.75) is 0 Å². The molecule has 0 aromatic heterocycles. The second-order valence-electron chi connectivity index (χ2n) is 4.58. The maximum Gasteiger partial charge on any atom is 0.341 e. The van der Waals surface area contributed by atoms with E-state index in [9.17, 15) is 24.1 Å². The molecule has 0 bridgehead atoms. The molecule has 0 unspecified atom stereocenters. The number of benzene rings is 2. The van der Waals surface area contributed by atoms with Crippen molar-refractivity contribution in [3.05, 3.63) is 64.0 Å². The van der Waals surface area contributed by atoms with Crippen LogP contribution in [-0.2, 0) is 4.79 Å². The van der Waals surface area contributed by atoms with Crippen LogP contribution in [0.15, 0.2) is 42.5 Å². The molecule has 9 heteroatoms. The molecule has 2 rings (SSSR count). The molecule has 2 aromatic carbocycles. The summed E-state index contributed by atoms with van der Waals surface area (Å²) in [6.45, 7) is -0.749. The molecule has 0 spiro atoms. The lowest BCUT2D eigenvalue weighted by Crippen LogP contribution is -2.16. The summed E-state index contributed by atoms with van der Waals surface area (Å²) >= 11 is 0. The quantitative estimate of drug-likeness (QED) is 0.618. The smallest absolute Gasteiger partial charge is 0.341 e. The van der Waals surface area contributed by atoms with Crippen molar-refractivity contribution in [1.29, 1.82) is 0 Å². The van der Waals surface area contributed by atoms with Gasteiger partial charge in [-0.15, -0.1) is 0 Å². The Morgan fingerprint density at radius 3 is 2.67 bits per heavy atom. The third kappa shape index (κ3) is 4.26. The third-order valence-corrected chi connectivity index (χ3v) is 2.85. The summed E-state index contributed by atoms with van der Waals surface area (Å²) in [5.41, 5.74) is -0.166. The number of non-ortho nitro benzene ring substituents is 1. The van der Waals surface area contributed by atoms with Crippen molar-refractivity contribution in [3.63, 3.8) is 0 Å². The number of ether oxygens (including phenoxy) is 1. The first-order chi connectivity index (χ1) is 11.4. The molecular weight excluding hydrogens is 323 g/mol. The average molecular weight is 334 g/mol. The summed E-state index contributed by atoms with van der Waals surface area (Å²) in [6, 6.07) is 8.25. The molecule has 0 atom stereocenters. The van der Waals surface area contributed by atoms with Gasteiger partial charge in [-0.2, -0.15) is 0 Å². The molecule has 0 saturated heterocycles. The van der Waals surface area contributed by atoms with Crippen LogP contribution in [0.25, 0.3) is 0 Å². The normalized spacial score (nSPS) is 10.0. The first kappa shape index (κ1) is 16.9. The average Bonchev–Trinajstić information content (AvgIpc) is 2.53. The first-order valence-corrected chi connectivity index (χ1v) is 6.57. The molecule has 0 aliphatic rings. The minimum absolute atomic E-state index is 0.107.